The summed E-state index contributed by atoms with van der Waals surface area (Å²) < 4.78 is 40.2. The largest absolute Gasteiger partial charge is 0.490 e. The summed E-state index contributed by atoms with van der Waals surface area (Å²) in [6.07, 6.45) is 2.37. The number of likely N-dealkylation sites (tertiary alicyclic amines) is 1. The molecule has 0 bridgehead atoms. The van der Waals surface area contributed by atoms with Crippen LogP contribution in [0.15, 0.2) is 36.7 Å². The van der Waals surface area contributed by atoms with E-state index in [1.54, 1.807) is 30.5 Å². The van der Waals surface area contributed by atoms with Gasteiger partial charge in [-0.15, -0.1) is 0 Å². The van der Waals surface area contributed by atoms with Crippen molar-refractivity contribution in [2.75, 3.05) is 18.4 Å². The average Bonchev–Trinajstić information content (AvgIpc) is 3.28. The van der Waals surface area contributed by atoms with Gasteiger partial charge in [0, 0.05) is 55.0 Å². The van der Waals surface area contributed by atoms with Crippen LogP contribution in [-0.4, -0.2) is 62.7 Å². The number of aliphatic carboxylic acids is 1. The molecule has 1 spiro atoms. The molecule has 13 heteroatoms. The molecule has 1 unspecified atom stereocenters. The van der Waals surface area contributed by atoms with Crippen LogP contribution in [-0.2, 0) is 31.3 Å². The van der Waals surface area contributed by atoms with Crippen LogP contribution in [0.4, 0.5) is 18.9 Å². The summed E-state index contributed by atoms with van der Waals surface area (Å²) in [5.41, 5.74) is -0.00317. The van der Waals surface area contributed by atoms with Crippen molar-refractivity contribution in [1.29, 1.82) is 0 Å². The number of nitrogens with one attached hydrogen (secondary N) is 1. The Hall–Kier alpha value is -3.12. The van der Waals surface area contributed by atoms with Crippen molar-refractivity contribution in [2.45, 2.75) is 56.5 Å². The van der Waals surface area contributed by atoms with Crippen molar-refractivity contribution >= 4 is 35.1 Å². The summed E-state index contributed by atoms with van der Waals surface area (Å²) in [5, 5.41) is 10.6. The van der Waals surface area contributed by atoms with Crippen molar-refractivity contribution < 1.29 is 37.4 Å². The average molecular weight is 543 g/mol. The zero-order chi connectivity index (χ0) is 26.8. The fourth-order valence-electron chi connectivity index (χ4n) is 4.67. The molecule has 0 radical (unpaired) electrons. The molecule has 2 fully saturated rings. The third-order valence-corrected chi connectivity index (χ3v) is 7.05. The van der Waals surface area contributed by atoms with E-state index < -0.39 is 23.9 Å². The van der Waals surface area contributed by atoms with E-state index in [0.717, 1.165) is 25.1 Å². The lowest BCUT2D eigenvalue weighted by molar-refractivity contribution is -0.192. The van der Waals surface area contributed by atoms with Gasteiger partial charge in [-0.1, -0.05) is 24.1 Å². The maximum Gasteiger partial charge on any atom is 0.490 e. The standard InChI is InChI=1S/C22H25ClN4O3.C2HF3O2/c23-16-5-2-6-17(13-16)25-19(28)18-14-27-12-9-24-21(27)22(30-18)7-10-26(11-8-22)20(29)15-3-1-4-15;3-2(4,5)1(6)7/h2,5-6,9,12-13,15,18H,1,3-4,7-8,10-11,14H2,(H,25,28);(H,6,7). The fourth-order valence-corrected chi connectivity index (χ4v) is 4.86. The lowest BCUT2D eigenvalue weighted by Gasteiger charge is -2.46. The number of carbonyl (C=O) groups excluding carboxylic acids is 2. The van der Waals surface area contributed by atoms with Gasteiger partial charge in [0.05, 0.1) is 6.54 Å². The van der Waals surface area contributed by atoms with E-state index in [1.807, 2.05) is 15.7 Å². The van der Waals surface area contributed by atoms with E-state index in [-0.39, 0.29) is 17.7 Å². The number of alkyl halides is 3. The van der Waals surface area contributed by atoms with Gasteiger partial charge in [-0.3, -0.25) is 9.59 Å². The molecular formula is C24H26ClF3N4O5. The number of aromatic nitrogens is 2. The Morgan fingerprint density at radius 2 is 1.86 bits per heavy atom. The van der Waals surface area contributed by atoms with Gasteiger partial charge in [0.1, 0.15) is 11.4 Å². The molecule has 3 heterocycles. The fraction of sp³-hybridized carbons (Fsp3) is 0.500. The maximum absolute atomic E-state index is 13.0. The topological polar surface area (TPSA) is 114 Å². The third-order valence-electron chi connectivity index (χ3n) is 6.82. The Morgan fingerprint density at radius 3 is 2.43 bits per heavy atom. The predicted molar refractivity (Wildman–Crippen MR) is 126 cm³/mol. The number of imidazole rings is 1. The molecule has 9 nitrogen and oxygen atoms in total. The van der Waals surface area contributed by atoms with E-state index >= 15 is 0 Å². The van der Waals surface area contributed by atoms with Crippen LogP contribution < -0.4 is 5.32 Å². The summed E-state index contributed by atoms with van der Waals surface area (Å²) >= 11 is 6.03. The molecule has 1 aromatic heterocycles. The first kappa shape index (κ1) is 26.9. The van der Waals surface area contributed by atoms with Crippen LogP contribution in [0.3, 0.4) is 0 Å². The van der Waals surface area contributed by atoms with Gasteiger partial charge in [0.25, 0.3) is 5.91 Å². The number of hydrogen-bond donors (Lipinski definition) is 2. The normalized spacial score (nSPS) is 20.8. The Morgan fingerprint density at radius 1 is 1.19 bits per heavy atom. The minimum atomic E-state index is -5.08. The zero-order valence-electron chi connectivity index (χ0n) is 19.7. The lowest BCUT2D eigenvalue weighted by atomic mass is 9.82. The van der Waals surface area contributed by atoms with Gasteiger partial charge in [0.15, 0.2) is 6.10 Å². The number of carbonyl (C=O) groups is 3. The summed E-state index contributed by atoms with van der Waals surface area (Å²) in [5.74, 6) is -1.64. The molecule has 2 aromatic rings. The molecule has 200 valence electrons. The number of amides is 2. The SMILES string of the molecule is O=C(Nc1cccc(Cl)c1)C1Cn2ccnc2C2(CCN(C(=O)C3CCC3)CC2)O1.O=C(O)C(F)(F)F. The number of rotatable bonds is 3. The number of nitrogens with zero attached hydrogens (tertiary/aromatic N) is 3. The summed E-state index contributed by atoms with van der Waals surface area (Å²) in [6, 6.07) is 7.07. The van der Waals surface area contributed by atoms with Crippen molar-refractivity contribution in [3.63, 3.8) is 0 Å². The Bertz CT molecular complexity index is 1160. The highest BCUT2D eigenvalue weighted by Crippen LogP contribution is 2.41. The molecule has 1 saturated heterocycles. The smallest absolute Gasteiger partial charge is 0.475 e. The van der Waals surface area contributed by atoms with Gasteiger partial charge in [-0.2, -0.15) is 13.2 Å². The second-order valence-electron chi connectivity index (χ2n) is 9.26. The van der Waals surface area contributed by atoms with Crippen LogP contribution in [0.2, 0.25) is 5.02 Å². The number of ether oxygens (including phenoxy) is 1. The van der Waals surface area contributed by atoms with Crippen LogP contribution >= 0.6 is 11.6 Å². The number of carboxylic acids is 1. The second-order valence-corrected chi connectivity index (χ2v) is 9.70. The molecule has 2 aliphatic heterocycles. The molecule has 1 saturated carbocycles. The first-order chi connectivity index (χ1) is 17.5. The summed E-state index contributed by atoms with van der Waals surface area (Å²) in [6.45, 7) is 1.67. The predicted octanol–water partition coefficient (Wildman–Crippen LogP) is 3.83. The molecule has 1 aliphatic carbocycles. The quantitative estimate of drug-likeness (QED) is 0.609. The van der Waals surface area contributed by atoms with Gasteiger partial charge in [0.2, 0.25) is 5.91 Å². The summed E-state index contributed by atoms with van der Waals surface area (Å²) in [4.78, 5) is 41.0. The zero-order valence-corrected chi connectivity index (χ0v) is 20.5. The molecule has 5 rings (SSSR count). The first-order valence-corrected chi connectivity index (χ1v) is 12.2. The number of carboxylic acid groups (broad SMARTS) is 1. The lowest BCUT2D eigenvalue weighted by Crippen LogP contribution is -2.54. The highest BCUT2D eigenvalue weighted by molar-refractivity contribution is 6.30. The molecule has 37 heavy (non-hydrogen) atoms. The molecule has 2 amide bonds. The van der Waals surface area contributed by atoms with E-state index in [0.29, 0.717) is 43.2 Å². The monoisotopic (exact) mass is 542 g/mol. The van der Waals surface area contributed by atoms with Crippen molar-refractivity contribution in [3.05, 3.63) is 47.5 Å². The van der Waals surface area contributed by atoms with Gasteiger partial charge in [-0.05, 0) is 31.0 Å². The van der Waals surface area contributed by atoms with Gasteiger partial charge >= 0.3 is 12.1 Å². The second kappa shape index (κ2) is 10.7. The molecule has 1 atom stereocenters. The van der Waals surface area contributed by atoms with E-state index in [2.05, 4.69) is 10.3 Å². The van der Waals surface area contributed by atoms with Gasteiger partial charge in [-0.25, -0.2) is 9.78 Å². The molecule has 1 aromatic carbocycles. The number of anilines is 1. The van der Waals surface area contributed by atoms with E-state index in [1.165, 1.54) is 0 Å². The number of benzene rings is 1. The van der Waals surface area contributed by atoms with Crippen LogP contribution in [0.5, 0.6) is 0 Å². The van der Waals surface area contributed by atoms with Crippen LogP contribution in [0, 0.1) is 5.92 Å². The maximum atomic E-state index is 13.0. The number of halogens is 4. The molecule has 3 aliphatic rings. The van der Waals surface area contributed by atoms with Crippen molar-refractivity contribution in [1.82, 2.24) is 14.5 Å². The van der Waals surface area contributed by atoms with Crippen molar-refractivity contribution in [2.24, 2.45) is 5.92 Å². The first-order valence-electron chi connectivity index (χ1n) is 11.8. The van der Waals surface area contributed by atoms with Gasteiger partial charge < -0.3 is 24.6 Å². The molecule has 2 N–H and O–H groups in total. The number of piperidine rings is 1. The Balaban J connectivity index is 0.000000405. The number of hydrogen-bond acceptors (Lipinski definition) is 5. The van der Waals surface area contributed by atoms with Crippen LogP contribution in [0.1, 0.15) is 37.9 Å². The summed E-state index contributed by atoms with van der Waals surface area (Å²) in [7, 11) is 0. The van der Waals surface area contributed by atoms with Crippen LogP contribution in [0.25, 0.3) is 0 Å². The van der Waals surface area contributed by atoms with Crippen molar-refractivity contribution in [3.8, 4) is 0 Å². The highest BCUT2D eigenvalue weighted by atomic mass is 35.5. The Kier molecular flexibility index (Phi) is 7.79. The minimum absolute atomic E-state index is 0.199. The third kappa shape index (κ3) is 6.07. The Labute approximate surface area is 215 Å². The van der Waals surface area contributed by atoms with E-state index in [4.69, 9.17) is 26.2 Å². The highest BCUT2D eigenvalue weighted by Gasteiger charge is 2.48. The minimum Gasteiger partial charge on any atom is -0.475 e. The number of fused-ring (bicyclic) bond motifs is 2. The molecular weight excluding hydrogens is 517 g/mol. The van der Waals surface area contributed by atoms with E-state index in [9.17, 15) is 22.8 Å².